The van der Waals surface area contributed by atoms with E-state index in [1.807, 2.05) is 30.3 Å². The van der Waals surface area contributed by atoms with Crippen molar-refractivity contribution in [2.45, 2.75) is 50.4 Å². The van der Waals surface area contributed by atoms with Gasteiger partial charge in [0, 0.05) is 32.0 Å². The number of fused-ring (bicyclic) bond motifs is 1. The molecule has 6 heteroatoms. The van der Waals surface area contributed by atoms with E-state index in [2.05, 4.69) is 0 Å². The molecule has 0 aliphatic heterocycles. The third-order valence-corrected chi connectivity index (χ3v) is 6.37. The molecule has 31 heavy (non-hydrogen) atoms. The minimum absolute atomic E-state index is 0.132. The zero-order valence-electron chi connectivity index (χ0n) is 18.0. The smallest absolute Gasteiger partial charge is 0.343 e. The van der Waals surface area contributed by atoms with E-state index in [9.17, 15) is 14.7 Å². The molecule has 4 rings (SSSR count). The summed E-state index contributed by atoms with van der Waals surface area (Å²) < 4.78 is 16.4. The quantitative estimate of drug-likeness (QED) is 0.473. The predicted molar refractivity (Wildman–Crippen MR) is 116 cm³/mol. The highest BCUT2D eigenvalue weighted by molar-refractivity contribution is 6.00. The molecule has 1 aromatic carbocycles. The molecule has 2 unspecified atom stereocenters. The fraction of sp³-hybridized carbons (Fsp3) is 0.520. The number of aromatic hydroxyl groups is 1. The van der Waals surface area contributed by atoms with Crippen LogP contribution in [0.1, 0.15) is 77.6 Å². The Balaban J connectivity index is 1.71. The van der Waals surface area contributed by atoms with Crippen LogP contribution >= 0.6 is 0 Å². The van der Waals surface area contributed by atoms with Gasteiger partial charge in [-0.25, -0.2) is 4.79 Å². The van der Waals surface area contributed by atoms with Gasteiger partial charge in [-0.15, -0.1) is 0 Å². The van der Waals surface area contributed by atoms with Gasteiger partial charge in [0.05, 0.1) is 24.3 Å². The van der Waals surface area contributed by atoms with Crippen LogP contribution in [-0.2, 0) is 9.47 Å². The number of rotatable bonds is 9. The van der Waals surface area contributed by atoms with E-state index in [0.717, 1.165) is 24.8 Å². The number of carbonyl (C=O) groups excluding carboxylic acids is 1. The molecule has 2 aromatic rings. The molecule has 0 spiro atoms. The standard InChI is InChI=1S/C25H30O6/c1-29-14-15-30-13-12-18-8-5-9-19(26)21-23(27)22(25(28)31-24(18)21)20(17-10-11-17)16-6-3-2-4-7-16/h2-4,6-7,17-18,20,27H,5,8-15H2,1H3. The maximum atomic E-state index is 13.2. The summed E-state index contributed by atoms with van der Waals surface area (Å²) in [6.45, 7) is 1.48. The molecule has 6 nitrogen and oxygen atoms in total. The highest BCUT2D eigenvalue weighted by Crippen LogP contribution is 2.49. The number of ketones is 1. The number of carbonyl (C=O) groups is 1. The van der Waals surface area contributed by atoms with E-state index in [-0.39, 0.29) is 40.4 Å². The first kappa shape index (κ1) is 21.8. The lowest BCUT2D eigenvalue weighted by Gasteiger charge is -2.21. The monoisotopic (exact) mass is 426 g/mol. The van der Waals surface area contributed by atoms with E-state index >= 15 is 0 Å². The molecule has 166 valence electrons. The van der Waals surface area contributed by atoms with Crippen molar-refractivity contribution in [3.63, 3.8) is 0 Å². The van der Waals surface area contributed by atoms with Gasteiger partial charge in [0.25, 0.3) is 0 Å². The zero-order valence-corrected chi connectivity index (χ0v) is 18.0. The topological polar surface area (TPSA) is 86.0 Å². The summed E-state index contributed by atoms with van der Waals surface area (Å²) in [4.78, 5) is 26.1. The summed E-state index contributed by atoms with van der Waals surface area (Å²) in [6.07, 6.45) is 4.36. The first-order valence-corrected chi connectivity index (χ1v) is 11.2. The van der Waals surface area contributed by atoms with Crippen LogP contribution < -0.4 is 5.63 Å². The van der Waals surface area contributed by atoms with Gasteiger partial charge in [0.1, 0.15) is 11.5 Å². The highest BCUT2D eigenvalue weighted by atomic mass is 16.5. The number of Topliss-reactive ketones (excluding diaryl/α,β-unsaturated/α-hetero) is 1. The zero-order chi connectivity index (χ0) is 21.8. The van der Waals surface area contributed by atoms with E-state index in [1.165, 1.54) is 0 Å². The normalized spacial score (nSPS) is 19.6. The van der Waals surface area contributed by atoms with Crippen LogP contribution in [-0.4, -0.2) is 37.8 Å². The summed E-state index contributed by atoms with van der Waals surface area (Å²) in [5.74, 6) is -0.110. The number of benzene rings is 1. The molecular formula is C25H30O6. The van der Waals surface area contributed by atoms with Crippen LogP contribution in [0.3, 0.4) is 0 Å². The Labute approximate surface area is 182 Å². The van der Waals surface area contributed by atoms with E-state index in [4.69, 9.17) is 13.9 Å². The summed E-state index contributed by atoms with van der Waals surface area (Å²) >= 11 is 0. The highest BCUT2D eigenvalue weighted by Gasteiger charge is 2.40. The largest absolute Gasteiger partial charge is 0.506 e. The lowest BCUT2D eigenvalue weighted by molar-refractivity contribution is 0.0657. The van der Waals surface area contributed by atoms with Crippen LogP contribution in [0.5, 0.6) is 5.75 Å². The summed E-state index contributed by atoms with van der Waals surface area (Å²) in [7, 11) is 1.62. The number of hydrogen-bond acceptors (Lipinski definition) is 6. The molecule has 2 aliphatic carbocycles. The Morgan fingerprint density at radius 3 is 2.58 bits per heavy atom. The van der Waals surface area contributed by atoms with Gasteiger partial charge in [0.2, 0.25) is 0 Å². The third kappa shape index (κ3) is 4.75. The lowest BCUT2D eigenvalue weighted by Crippen LogP contribution is -2.20. The average molecular weight is 427 g/mol. The van der Waals surface area contributed by atoms with Gasteiger partial charge in [-0.1, -0.05) is 30.3 Å². The van der Waals surface area contributed by atoms with Gasteiger partial charge >= 0.3 is 5.63 Å². The van der Waals surface area contributed by atoms with Crippen LogP contribution in [0.15, 0.2) is 39.5 Å². The lowest BCUT2D eigenvalue weighted by atomic mass is 9.85. The van der Waals surface area contributed by atoms with Gasteiger partial charge in [-0.2, -0.15) is 0 Å². The van der Waals surface area contributed by atoms with Gasteiger partial charge < -0.3 is 19.0 Å². The second kappa shape index (κ2) is 9.79. The van der Waals surface area contributed by atoms with Crippen molar-refractivity contribution in [1.29, 1.82) is 0 Å². The number of ether oxygens (including phenoxy) is 2. The average Bonchev–Trinajstić information content (AvgIpc) is 3.61. The predicted octanol–water partition coefficient (Wildman–Crippen LogP) is 4.39. The van der Waals surface area contributed by atoms with Crippen LogP contribution in [0.25, 0.3) is 0 Å². The maximum absolute atomic E-state index is 13.2. The molecule has 0 radical (unpaired) electrons. The molecule has 0 bridgehead atoms. The molecule has 1 heterocycles. The van der Waals surface area contributed by atoms with Gasteiger partial charge in [-0.3, -0.25) is 4.79 Å². The van der Waals surface area contributed by atoms with Crippen LogP contribution in [0, 0.1) is 5.92 Å². The fourth-order valence-corrected chi connectivity index (χ4v) is 4.66. The molecular weight excluding hydrogens is 396 g/mol. The second-order valence-corrected chi connectivity index (χ2v) is 8.52. The minimum Gasteiger partial charge on any atom is -0.506 e. The Hall–Kier alpha value is -2.44. The van der Waals surface area contributed by atoms with E-state index in [0.29, 0.717) is 44.8 Å². The Morgan fingerprint density at radius 1 is 1.10 bits per heavy atom. The Bertz CT molecular complexity index is 960. The first-order valence-electron chi connectivity index (χ1n) is 11.2. The molecule has 1 aromatic heterocycles. The maximum Gasteiger partial charge on any atom is 0.343 e. The van der Waals surface area contributed by atoms with E-state index in [1.54, 1.807) is 7.11 Å². The Morgan fingerprint density at radius 2 is 1.87 bits per heavy atom. The van der Waals surface area contributed by atoms with Crippen molar-refractivity contribution in [3.05, 3.63) is 63.2 Å². The molecule has 0 saturated heterocycles. The van der Waals surface area contributed by atoms with Crippen molar-refractivity contribution in [2.75, 3.05) is 26.9 Å². The van der Waals surface area contributed by atoms with Crippen molar-refractivity contribution in [3.8, 4) is 5.75 Å². The molecule has 1 N–H and O–H groups in total. The van der Waals surface area contributed by atoms with Crippen LogP contribution in [0.4, 0.5) is 0 Å². The molecule has 2 atom stereocenters. The summed E-state index contributed by atoms with van der Waals surface area (Å²) in [5, 5.41) is 11.3. The summed E-state index contributed by atoms with van der Waals surface area (Å²) in [5.41, 5.74) is 0.877. The van der Waals surface area contributed by atoms with Crippen LogP contribution in [0.2, 0.25) is 0 Å². The van der Waals surface area contributed by atoms with Gasteiger partial charge in [-0.05, 0) is 43.6 Å². The molecule has 2 aliphatic rings. The molecule has 1 fully saturated rings. The van der Waals surface area contributed by atoms with Gasteiger partial charge in [0.15, 0.2) is 5.78 Å². The van der Waals surface area contributed by atoms with Crippen molar-refractivity contribution in [2.24, 2.45) is 5.92 Å². The van der Waals surface area contributed by atoms with Crippen molar-refractivity contribution < 1.29 is 23.8 Å². The Kier molecular flexibility index (Phi) is 6.88. The SMILES string of the molecule is COCCOCCC1CCCC(=O)c2c1oc(=O)c(C(c1ccccc1)C1CC1)c2O. The van der Waals surface area contributed by atoms with Crippen molar-refractivity contribution in [1.82, 2.24) is 0 Å². The number of methoxy groups -OCH3 is 1. The fourth-order valence-electron chi connectivity index (χ4n) is 4.66. The third-order valence-electron chi connectivity index (χ3n) is 6.37. The molecule has 1 saturated carbocycles. The summed E-state index contributed by atoms with van der Waals surface area (Å²) in [6, 6.07) is 9.72. The number of hydrogen-bond donors (Lipinski definition) is 1. The molecule has 0 amide bonds. The van der Waals surface area contributed by atoms with Crippen molar-refractivity contribution >= 4 is 5.78 Å². The second-order valence-electron chi connectivity index (χ2n) is 8.52. The minimum atomic E-state index is -0.531. The van der Waals surface area contributed by atoms with E-state index < -0.39 is 5.63 Å². The first-order chi connectivity index (χ1) is 15.1.